The Morgan fingerprint density at radius 3 is 2.66 bits per heavy atom. The number of carbonyl (C=O) groups is 1. The van der Waals surface area contributed by atoms with Crippen LogP contribution in [0, 0.1) is 5.92 Å². The molecular weight excluding hydrogens is 406 g/mol. The van der Waals surface area contributed by atoms with Crippen LogP contribution >= 0.6 is 0 Å². The van der Waals surface area contributed by atoms with E-state index in [9.17, 15) is 4.79 Å². The van der Waals surface area contributed by atoms with Gasteiger partial charge in [-0.3, -0.25) is 4.90 Å². The van der Waals surface area contributed by atoms with Crippen molar-refractivity contribution in [1.82, 2.24) is 4.90 Å². The number of hydrogen-bond acceptors (Lipinski definition) is 6. The number of benzene rings is 1. The van der Waals surface area contributed by atoms with E-state index in [1.165, 1.54) is 36.7 Å². The van der Waals surface area contributed by atoms with Gasteiger partial charge in [-0.1, -0.05) is 6.07 Å². The minimum Gasteiger partial charge on any atom is -0.497 e. The van der Waals surface area contributed by atoms with Gasteiger partial charge >= 0.3 is 5.97 Å². The van der Waals surface area contributed by atoms with Crippen LogP contribution in [0.4, 0.5) is 0 Å². The fourth-order valence-electron chi connectivity index (χ4n) is 5.77. The molecule has 0 spiro atoms. The maximum Gasteiger partial charge on any atom is 0.330 e. The molecule has 1 aromatic rings. The fourth-order valence-corrected chi connectivity index (χ4v) is 5.77. The van der Waals surface area contributed by atoms with Crippen molar-refractivity contribution >= 4 is 5.97 Å². The molecule has 0 N–H and O–H groups in total. The molecule has 2 aliphatic carbocycles. The second-order valence-electron chi connectivity index (χ2n) is 9.43. The van der Waals surface area contributed by atoms with Crippen molar-refractivity contribution in [2.75, 3.05) is 41.5 Å². The number of hydrogen-bond donors (Lipinski definition) is 0. The van der Waals surface area contributed by atoms with Crippen molar-refractivity contribution < 1.29 is 23.7 Å². The van der Waals surface area contributed by atoms with Gasteiger partial charge in [0.15, 0.2) is 6.29 Å². The van der Waals surface area contributed by atoms with Crippen molar-refractivity contribution in [2.24, 2.45) is 5.92 Å². The molecule has 0 amide bonds. The number of fused-ring (bicyclic) bond motifs is 4. The zero-order valence-electron chi connectivity index (χ0n) is 19.9. The molecule has 1 aliphatic heterocycles. The van der Waals surface area contributed by atoms with Gasteiger partial charge in [-0.15, -0.1) is 0 Å². The predicted molar refractivity (Wildman–Crippen MR) is 123 cm³/mol. The summed E-state index contributed by atoms with van der Waals surface area (Å²) in [4.78, 5) is 15.1. The number of likely N-dealkylation sites (tertiary alicyclic amines) is 1. The first-order chi connectivity index (χ1) is 15.5. The summed E-state index contributed by atoms with van der Waals surface area (Å²) in [6.45, 7) is 2.18. The van der Waals surface area contributed by atoms with E-state index in [0.717, 1.165) is 56.9 Å². The number of carbonyl (C=O) groups excluding carboxylic acids is 1. The molecular formula is C26H37NO5. The fraction of sp³-hybridized carbons (Fsp3) is 0.654. The molecule has 0 aromatic heterocycles. The summed E-state index contributed by atoms with van der Waals surface area (Å²) in [6, 6.07) is 6.72. The standard InChI is InChI=1S/C26H37NO5/c1-29-20-10-9-19-14-23-22(16-24(28)30-2)26(21(19)15-20,11-5-6-25(31-3)32-4)12-13-27(23)17-18-7-8-18/h9-10,15-16,18,23,25H,5-8,11-14,17H2,1-4H3/b22-16+/t23-,26+/m1/s1. The predicted octanol–water partition coefficient (Wildman–Crippen LogP) is 3.86. The van der Waals surface area contributed by atoms with Gasteiger partial charge in [-0.2, -0.15) is 0 Å². The summed E-state index contributed by atoms with van der Waals surface area (Å²) in [5, 5.41) is 0. The number of esters is 1. The van der Waals surface area contributed by atoms with Crippen LogP contribution in [0.25, 0.3) is 0 Å². The second-order valence-corrected chi connectivity index (χ2v) is 9.43. The Hall–Kier alpha value is -1.89. The molecule has 2 bridgehead atoms. The van der Waals surface area contributed by atoms with E-state index >= 15 is 0 Å². The molecule has 6 heteroatoms. The number of rotatable bonds is 10. The highest BCUT2D eigenvalue weighted by atomic mass is 16.7. The molecule has 1 saturated carbocycles. The summed E-state index contributed by atoms with van der Waals surface area (Å²) in [6.07, 6.45) is 8.84. The maximum atomic E-state index is 12.5. The highest BCUT2D eigenvalue weighted by Crippen LogP contribution is 2.53. The lowest BCUT2D eigenvalue weighted by Gasteiger charge is -2.54. The van der Waals surface area contributed by atoms with Crippen molar-refractivity contribution in [3.63, 3.8) is 0 Å². The number of nitrogens with zero attached hydrogens (tertiary/aromatic N) is 1. The molecule has 0 radical (unpaired) electrons. The highest BCUT2D eigenvalue weighted by Gasteiger charge is 2.50. The zero-order chi connectivity index (χ0) is 22.7. The van der Waals surface area contributed by atoms with Crippen LogP contribution in [0.5, 0.6) is 5.75 Å². The van der Waals surface area contributed by atoms with Crippen molar-refractivity contribution in [3.8, 4) is 5.75 Å². The summed E-state index contributed by atoms with van der Waals surface area (Å²) in [5.41, 5.74) is 3.69. The Bertz CT molecular complexity index is 845. The zero-order valence-corrected chi connectivity index (χ0v) is 19.9. The monoisotopic (exact) mass is 443 g/mol. The van der Waals surface area contributed by atoms with Gasteiger partial charge in [0.2, 0.25) is 0 Å². The third-order valence-electron chi connectivity index (χ3n) is 7.66. The van der Waals surface area contributed by atoms with Gasteiger partial charge in [0.25, 0.3) is 0 Å². The molecule has 2 atom stereocenters. The van der Waals surface area contributed by atoms with E-state index in [4.69, 9.17) is 18.9 Å². The molecule has 6 nitrogen and oxygen atoms in total. The Kier molecular flexibility index (Phi) is 7.23. The summed E-state index contributed by atoms with van der Waals surface area (Å²) in [7, 11) is 6.54. The molecule has 176 valence electrons. The highest BCUT2D eigenvalue weighted by molar-refractivity contribution is 5.84. The van der Waals surface area contributed by atoms with Crippen LogP contribution < -0.4 is 4.74 Å². The average Bonchev–Trinajstić information content (AvgIpc) is 3.63. The van der Waals surface area contributed by atoms with E-state index in [2.05, 4.69) is 23.1 Å². The number of methoxy groups -OCH3 is 4. The van der Waals surface area contributed by atoms with Crippen LogP contribution in [0.2, 0.25) is 0 Å². The van der Waals surface area contributed by atoms with Crippen molar-refractivity contribution in [1.29, 1.82) is 0 Å². The summed E-state index contributed by atoms with van der Waals surface area (Å²) in [5.74, 6) is 1.41. The molecule has 1 heterocycles. The first kappa shape index (κ1) is 23.3. The van der Waals surface area contributed by atoms with E-state index in [0.29, 0.717) is 0 Å². The lowest BCUT2D eigenvalue weighted by atomic mass is 9.58. The lowest BCUT2D eigenvalue weighted by Crippen LogP contribution is -2.56. The average molecular weight is 444 g/mol. The first-order valence-electron chi connectivity index (χ1n) is 11.8. The van der Waals surface area contributed by atoms with Gasteiger partial charge in [-0.25, -0.2) is 4.79 Å². The van der Waals surface area contributed by atoms with Gasteiger partial charge in [-0.05, 0) is 86.2 Å². The normalized spacial score (nSPS) is 26.3. The van der Waals surface area contributed by atoms with Gasteiger partial charge in [0.05, 0.1) is 14.2 Å². The Morgan fingerprint density at radius 1 is 1.22 bits per heavy atom. The SMILES string of the molecule is COC(=O)/C=C1\[C@H]2Cc3ccc(OC)cc3[C@]1(CCCC(OC)OC)CCN2CC1CC1. The van der Waals surface area contributed by atoms with Crippen LogP contribution in [0.1, 0.15) is 49.7 Å². The first-order valence-corrected chi connectivity index (χ1v) is 11.8. The molecule has 0 unspecified atom stereocenters. The number of ether oxygens (including phenoxy) is 4. The van der Waals surface area contributed by atoms with Crippen LogP contribution in [0.15, 0.2) is 29.8 Å². The van der Waals surface area contributed by atoms with E-state index < -0.39 is 0 Å². The molecule has 2 fully saturated rings. The smallest absolute Gasteiger partial charge is 0.330 e. The minimum atomic E-state index is -0.263. The van der Waals surface area contributed by atoms with Gasteiger partial charge < -0.3 is 18.9 Å². The van der Waals surface area contributed by atoms with E-state index in [1.54, 1.807) is 27.4 Å². The molecule has 32 heavy (non-hydrogen) atoms. The van der Waals surface area contributed by atoms with Crippen LogP contribution in [-0.4, -0.2) is 64.7 Å². The minimum absolute atomic E-state index is 0.201. The molecule has 1 saturated heterocycles. The second kappa shape index (κ2) is 9.94. The third-order valence-corrected chi connectivity index (χ3v) is 7.66. The largest absolute Gasteiger partial charge is 0.497 e. The Labute approximate surface area is 191 Å². The van der Waals surface area contributed by atoms with Crippen LogP contribution in [-0.2, 0) is 30.8 Å². The summed E-state index contributed by atoms with van der Waals surface area (Å²) >= 11 is 0. The van der Waals surface area contributed by atoms with Crippen molar-refractivity contribution in [2.45, 2.75) is 62.7 Å². The Balaban J connectivity index is 1.75. The molecule has 1 aromatic carbocycles. The van der Waals surface area contributed by atoms with Gasteiger partial charge in [0, 0.05) is 38.3 Å². The molecule has 4 rings (SSSR count). The van der Waals surface area contributed by atoms with E-state index in [1.807, 2.05) is 0 Å². The lowest BCUT2D eigenvalue weighted by molar-refractivity contribution is -0.135. The summed E-state index contributed by atoms with van der Waals surface area (Å²) < 4.78 is 21.6. The number of piperidine rings is 1. The van der Waals surface area contributed by atoms with Crippen molar-refractivity contribution in [3.05, 3.63) is 41.0 Å². The third kappa shape index (κ3) is 4.59. The quantitative estimate of drug-likeness (QED) is 0.311. The van der Waals surface area contributed by atoms with Gasteiger partial charge in [0.1, 0.15) is 5.75 Å². The van der Waals surface area contributed by atoms with Crippen LogP contribution in [0.3, 0.4) is 0 Å². The molecule has 3 aliphatic rings. The Morgan fingerprint density at radius 2 is 2.00 bits per heavy atom. The maximum absolute atomic E-state index is 12.5. The van der Waals surface area contributed by atoms with E-state index in [-0.39, 0.29) is 23.7 Å². The topological polar surface area (TPSA) is 57.2 Å².